The Hall–Kier alpha value is -4.89. The summed E-state index contributed by atoms with van der Waals surface area (Å²) in [6, 6.07) is 23.9. The first-order chi connectivity index (χ1) is 24.1. The SMILES string of the molecule is CCCCC(CC)Cn1c2ccccc2c2c3cc(OS(C)(=O)=O)c(OC)cc3c3c(c21)C=CC(c1ccc(F)cc1)(c1ccc(F)cc1)O3. The van der Waals surface area contributed by atoms with Gasteiger partial charge >= 0.3 is 10.1 Å². The molecule has 258 valence electrons. The van der Waals surface area contributed by atoms with Gasteiger partial charge in [0.05, 0.1) is 18.9 Å². The average molecular weight is 696 g/mol. The van der Waals surface area contributed by atoms with E-state index in [1.807, 2.05) is 24.3 Å². The van der Waals surface area contributed by atoms with Crippen LogP contribution in [0.4, 0.5) is 8.78 Å². The van der Waals surface area contributed by atoms with Crippen molar-refractivity contribution < 1.29 is 30.9 Å². The molecule has 1 aliphatic heterocycles. The van der Waals surface area contributed by atoms with Crippen LogP contribution < -0.4 is 13.7 Å². The first kappa shape index (κ1) is 33.6. The fourth-order valence-electron chi connectivity index (χ4n) is 7.35. The van der Waals surface area contributed by atoms with Gasteiger partial charge in [-0.3, -0.25) is 0 Å². The summed E-state index contributed by atoms with van der Waals surface area (Å²) in [6.07, 6.45) is 9.34. The van der Waals surface area contributed by atoms with Crippen molar-refractivity contribution in [2.24, 2.45) is 5.92 Å². The summed E-state index contributed by atoms with van der Waals surface area (Å²) in [5.74, 6) is 0.439. The zero-order valence-corrected chi connectivity index (χ0v) is 29.3. The maximum absolute atomic E-state index is 14.3. The van der Waals surface area contributed by atoms with E-state index < -0.39 is 27.4 Å². The van der Waals surface area contributed by atoms with Crippen molar-refractivity contribution >= 4 is 48.8 Å². The first-order valence-electron chi connectivity index (χ1n) is 16.9. The molecule has 0 radical (unpaired) electrons. The fraction of sp³-hybridized carbons (Fsp3) is 0.268. The Morgan fingerprint density at radius 1 is 0.860 bits per heavy atom. The Labute approximate surface area is 291 Å². The zero-order chi connectivity index (χ0) is 35.2. The fourth-order valence-corrected chi connectivity index (χ4v) is 7.80. The molecule has 0 saturated heterocycles. The Balaban J connectivity index is 1.61. The molecule has 0 spiro atoms. The van der Waals surface area contributed by atoms with Crippen LogP contribution in [-0.4, -0.2) is 26.4 Å². The molecule has 0 bridgehead atoms. The molecule has 2 heterocycles. The van der Waals surface area contributed by atoms with Crippen LogP contribution in [0.25, 0.3) is 38.7 Å². The summed E-state index contributed by atoms with van der Waals surface area (Å²) in [5, 5.41) is 3.34. The molecule has 0 amide bonds. The van der Waals surface area contributed by atoms with E-state index in [1.54, 1.807) is 36.4 Å². The third kappa shape index (κ3) is 5.87. The van der Waals surface area contributed by atoms with Crippen LogP contribution in [0.3, 0.4) is 0 Å². The molecule has 6 aromatic rings. The molecule has 9 heteroatoms. The lowest BCUT2D eigenvalue weighted by Crippen LogP contribution is -2.34. The molecular weight excluding hydrogens is 657 g/mol. The second-order valence-electron chi connectivity index (χ2n) is 13.0. The standard InChI is InChI=1S/C41H39F2NO5S/c1-5-7-10-26(6-2)25-44-35-12-9-8-11-31(35)38-33-23-37(49-50(4,45)46)36(47-3)24-34(33)40-32(39(38)44)21-22-41(48-40,27-13-17-29(42)18-14-27)28-15-19-30(43)20-16-28/h8-9,11-24,26H,5-7,10,25H2,1-4H3. The highest BCUT2D eigenvalue weighted by Crippen LogP contribution is 2.52. The number of methoxy groups -OCH3 is 1. The minimum Gasteiger partial charge on any atom is -0.493 e. The van der Waals surface area contributed by atoms with Crippen molar-refractivity contribution in [1.82, 2.24) is 4.57 Å². The Morgan fingerprint density at radius 3 is 2.10 bits per heavy atom. The summed E-state index contributed by atoms with van der Waals surface area (Å²) in [6.45, 7) is 5.20. The van der Waals surface area contributed by atoms with Crippen molar-refractivity contribution in [3.63, 3.8) is 0 Å². The molecule has 1 aliphatic rings. The summed E-state index contributed by atoms with van der Waals surface area (Å²) in [4.78, 5) is 0. The van der Waals surface area contributed by atoms with Gasteiger partial charge in [0.2, 0.25) is 0 Å². The van der Waals surface area contributed by atoms with Crippen LogP contribution in [0.2, 0.25) is 0 Å². The van der Waals surface area contributed by atoms with Gasteiger partial charge in [-0.15, -0.1) is 0 Å². The second-order valence-corrected chi connectivity index (χ2v) is 14.6. The van der Waals surface area contributed by atoms with Gasteiger partial charge in [-0.25, -0.2) is 8.78 Å². The van der Waals surface area contributed by atoms with Crippen LogP contribution in [0.5, 0.6) is 17.2 Å². The van der Waals surface area contributed by atoms with Crippen LogP contribution in [0.15, 0.2) is 91.0 Å². The summed E-state index contributed by atoms with van der Waals surface area (Å²) >= 11 is 0. The van der Waals surface area contributed by atoms with Crippen molar-refractivity contribution in [3.8, 4) is 17.2 Å². The highest BCUT2D eigenvalue weighted by molar-refractivity contribution is 7.86. The molecule has 1 atom stereocenters. The van der Waals surface area contributed by atoms with Gasteiger partial charge in [0.25, 0.3) is 0 Å². The number of halogens is 2. The Bertz CT molecular complexity index is 2320. The highest BCUT2D eigenvalue weighted by atomic mass is 32.2. The van der Waals surface area contributed by atoms with Gasteiger partial charge in [0, 0.05) is 44.9 Å². The molecule has 7 rings (SSSR count). The smallest absolute Gasteiger partial charge is 0.306 e. The first-order valence-corrected chi connectivity index (χ1v) is 18.8. The molecule has 0 N–H and O–H groups in total. The lowest BCUT2D eigenvalue weighted by Gasteiger charge is -2.37. The van der Waals surface area contributed by atoms with Crippen LogP contribution in [0, 0.1) is 17.6 Å². The predicted molar refractivity (Wildman–Crippen MR) is 196 cm³/mol. The molecule has 6 nitrogen and oxygen atoms in total. The molecule has 5 aromatic carbocycles. The number of rotatable bonds is 11. The quantitative estimate of drug-likeness (QED) is 0.126. The van der Waals surface area contributed by atoms with Gasteiger partial charge in [-0.1, -0.05) is 75.6 Å². The van der Waals surface area contributed by atoms with E-state index >= 15 is 0 Å². The number of hydrogen-bond donors (Lipinski definition) is 0. The van der Waals surface area contributed by atoms with Gasteiger partial charge in [-0.05, 0) is 72.3 Å². The van der Waals surface area contributed by atoms with E-state index in [4.69, 9.17) is 13.7 Å². The summed E-state index contributed by atoms with van der Waals surface area (Å²) in [7, 11) is -2.45. The maximum atomic E-state index is 14.3. The lowest BCUT2D eigenvalue weighted by atomic mass is 9.83. The van der Waals surface area contributed by atoms with Crippen molar-refractivity contribution in [1.29, 1.82) is 0 Å². The van der Waals surface area contributed by atoms with E-state index in [0.717, 1.165) is 71.2 Å². The molecule has 1 unspecified atom stereocenters. The largest absolute Gasteiger partial charge is 0.493 e. The molecule has 0 fully saturated rings. The minimum atomic E-state index is -3.90. The highest BCUT2D eigenvalue weighted by Gasteiger charge is 2.39. The predicted octanol–water partition coefficient (Wildman–Crippen LogP) is 10.1. The Morgan fingerprint density at radius 2 is 1.50 bits per heavy atom. The molecule has 0 aliphatic carbocycles. The van der Waals surface area contributed by atoms with Gasteiger partial charge in [-0.2, -0.15) is 8.42 Å². The topological polar surface area (TPSA) is 66.8 Å². The van der Waals surface area contributed by atoms with Crippen molar-refractivity contribution in [2.45, 2.75) is 51.7 Å². The van der Waals surface area contributed by atoms with E-state index in [-0.39, 0.29) is 11.5 Å². The van der Waals surface area contributed by atoms with Crippen molar-refractivity contribution in [2.75, 3.05) is 13.4 Å². The van der Waals surface area contributed by atoms with Gasteiger partial charge in [0.1, 0.15) is 17.4 Å². The number of nitrogens with zero attached hydrogens (tertiary/aromatic N) is 1. The maximum Gasteiger partial charge on any atom is 0.306 e. The zero-order valence-electron chi connectivity index (χ0n) is 28.5. The molecule has 0 saturated carbocycles. The minimum absolute atomic E-state index is 0.0599. The van der Waals surface area contributed by atoms with E-state index in [0.29, 0.717) is 28.2 Å². The number of hydrogen-bond acceptors (Lipinski definition) is 5. The summed E-state index contributed by atoms with van der Waals surface area (Å²) < 4.78 is 74.2. The van der Waals surface area contributed by atoms with Crippen LogP contribution in [-0.2, 0) is 22.3 Å². The number of unbranched alkanes of at least 4 members (excludes halogenated alkanes) is 1. The average Bonchev–Trinajstić information content (AvgIpc) is 3.43. The molecular formula is C41H39F2NO5S. The number of benzene rings is 5. The third-order valence-electron chi connectivity index (χ3n) is 9.81. The number of aromatic nitrogens is 1. The van der Waals surface area contributed by atoms with Gasteiger partial charge < -0.3 is 18.2 Å². The van der Waals surface area contributed by atoms with Crippen LogP contribution in [0.1, 0.15) is 56.2 Å². The lowest BCUT2D eigenvalue weighted by molar-refractivity contribution is 0.163. The van der Waals surface area contributed by atoms with E-state index in [9.17, 15) is 17.2 Å². The van der Waals surface area contributed by atoms with Crippen LogP contribution >= 0.6 is 0 Å². The normalized spacial score (nSPS) is 14.5. The molecule has 50 heavy (non-hydrogen) atoms. The monoisotopic (exact) mass is 695 g/mol. The second kappa shape index (κ2) is 13.1. The number of para-hydroxylation sites is 1. The summed E-state index contributed by atoms with van der Waals surface area (Å²) in [5.41, 5.74) is 2.88. The number of ether oxygens (including phenoxy) is 2. The van der Waals surface area contributed by atoms with E-state index in [1.165, 1.54) is 31.4 Å². The number of fused-ring (bicyclic) bond motifs is 8. The van der Waals surface area contributed by atoms with Gasteiger partial charge in [0.15, 0.2) is 17.1 Å². The molecule has 1 aromatic heterocycles. The third-order valence-corrected chi connectivity index (χ3v) is 10.3. The van der Waals surface area contributed by atoms with Crippen molar-refractivity contribution in [3.05, 3.63) is 119 Å². The van der Waals surface area contributed by atoms with E-state index in [2.05, 4.69) is 30.5 Å². The Kier molecular flexibility index (Phi) is 8.80.